The SMILES string of the molecule is Cc1nn(-c2ccccc2)c(C)c1NC(=O)CN1C[C@@H]2CCC[C@@]2(C(=O)O)C1.Cl. The number of carboxylic acid groups (broad SMARTS) is 1. The number of rotatable bonds is 5. The topological polar surface area (TPSA) is 87.5 Å². The Hall–Kier alpha value is -2.38. The van der Waals surface area contributed by atoms with Gasteiger partial charge in [-0.05, 0) is 44.7 Å². The van der Waals surface area contributed by atoms with Crippen molar-refractivity contribution in [2.75, 3.05) is 25.0 Å². The van der Waals surface area contributed by atoms with E-state index in [0.29, 0.717) is 19.5 Å². The monoisotopic (exact) mass is 418 g/mol. The van der Waals surface area contributed by atoms with Crippen molar-refractivity contribution < 1.29 is 14.7 Å². The number of anilines is 1. The standard InChI is InChI=1S/C21H26N4O3.ClH/c1-14-19(15(2)25(23-14)17-8-4-3-5-9-17)22-18(26)12-24-11-16-7-6-10-21(16,13-24)20(27)28;/h3-5,8-9,16H,6-7,10-13H2,1-2H3,(H,22,26)(H,27,28);1H/t16-,21+;/m0./s1. The number of likely N-dealkylation sites (tertiary alicyclic amines) is 1. The number of aliphatic carboxylic acids is 1. The van der Waals surface area contributed by atoms with Gasteiger partial charge in [0, 0.05) is 13.1 Å². The molecular formula is C21H27ClN4O3. The number of aryl methyl sites for hydroxylation is 1. The van der Waals surface area contributed by atoms with Crippen LogP contribution in [0.3, 0.4) is 0 Å². The van der Waals surface area contributed by atoms with Gasteiger partial charge in [-0.3, -0.25) is 14.5 Å². The van der Waals surface area contributed by atoms with Gasteiger partial charge in [-0.25, -0.2) is 4.68 Å². The van der Waals surface area contributed by atoms with Crippen molar-refractivity contribution in [2.45, 2.75) is 33.1 Å². The molecule has 1 aliphatic carbocycles. The van der Waals surface area contributed by atoms with E-state index in [1.807, 2.05) is 53.8 Å². The number of para-hydroxylation sites is 1. The average Bonchev–Trinajstić information content (AvgIpc) is 3.29. The predicted octanol–water partition coefficient (Wildman–Crippen LogP) is 3.04. The summed E-state index contributed by atoms with van der Waals surface area (Å²) in [5.74, 6) is -0.685. The Kier molecular flexibility index (Phi) is 6.00. The fraction of sp³-hybridized carbons (Fsp3) is 0.476. The molecule has 2 fully saturated rings. The molecule has 2 heterocycles. The highest BCUT2D eigenvalue weighted by Gasteiger charge is 2.54. The number of hydrogen-bond acceptors (Lipinski definition) is 4. The van der Waals surface area contributed by atoms with Gasteiger partial charge in [0.05, 0.1) is 34.7 Å². The average molecular weight is 419 g/mol. The van der Waals surface area contributed by atoms with Gasteiger partial charge in [0.1, 0.15) is 0 Å². The maximum absolute atomic E-state index is 12.7. The maximum atomic E-state index is 12.7. The lowest BCUT2D eigenvalue weighted by Crippen LogP contribution is -2.37. The van der Waals surface area contributed by atoms with Gasteiger partial charge in [0.2, 0.25) is 5.91 Å². The Labute approximate surface area is 176 Å². The van der Waals surface area contributed by atoms with E-state index in [0.717, 1.165) is 35.6 Å². The van der Waals surface area contributed by atoms with E-state index < -0.39 is 11.4 Å². The summed E-state index contributed by atoms with van der Waals surface area (Å²) in [5, 5.41) is 17.3. The van der Waals surface area contributed by atoms with Crippen molar-refractivity contribution >= 4 is 30.0 Å². The van der Waals surface area contributed by atoms with Crippen LogP contribution >= 0.6 is 12.4 Å². The molecule has 0 bridgehead atoms. The molecule has 2 N–H and O–H groups in total. The third-order valence-electron chi connectivity index (χ3n) is 6.29. The quantitative estimate of drug-likeness (QED) is 0.779. The van der Waals surface area contributed by atoms with Crippen LogP contribution in [0.2, 0.25) is 0 Å². The minimum Gasteiger partial charge on any atom is -0.481 e. The summed E-state index contributed by atoms with van der Waals surface area (Å²) < 4.78 is 1.82. The summed E-state index contributed by atoms with van der Waals surface area (Å²) >= 11 is 0. The molecule has 2 aliphatic rings. The number of carbonyl (C=O) groups is 2. The fourth-order valence-corrected chi connectivity index (χ4v) is 4.89. The van der Waals surface area contributed by atoms with Crippen molar-refractivity contribution in [2.24, 2.45) is 11.3 Å². The first-order valence-corrected chi connectivity index (χ1v) is 9.78. The predicted molar refractivity (Wildman–Crippen MR) is 113 cm³/mol. The minimum atomic E-state index is -0.714. The Bertz CT molecular complexity index is 914. The normalized spacial score (nSPS) is 23.4. The number of hydrogen-bond donors (Lipinski definition) is 2. The van der Waals surface area contributed by atoms with E-state index in [1.165, 1.54) is 0 Å². The van der Waals surface area contributed by atoms with Crippen molar-refractivity contribution in [1.82, 2.24) is 14.7 Å². The zero-order valence-electron chi connectivity index (χ0n) is 16.7. The highest BCUT2D eigenvalue weighted by molar-refractivity contribution is 5.93. The van der Waals surface area contributed by atoms with Crippen molar-refractivity contribution in [3.63, 3.8) is 0 Å². The smallest absolute Gasteiger partial charge is 0.311 e. The Morgan fingerprint density at radius 2 is 2.00 bits per heavy atom. The lowest BCUT2D eigenvalue weighted by molar-refractivity contribution is -0.149. The number of carboxylic acids is 1. The summed E-state index contributed by atoms with van der Waals surface area (Å²) in [5.41, 5.74) is 2.64. The molecule has 8 heteroatoms. The molecule has 0 unspecified atom stereocenters. The highest BCUT2D eigenvalue weighted by atomic mass is 35.5. The highest BCUT2D eigenvalue weighted by Crippen LogP contribution is 2.48. The number of fused-ring (bicyclic) bond motifs is 1. The molecule has 0 radical (unpaired) electrons. The number of amides is 1. The second-order valence-electron chi connectivity index (χ2n) is 8.06. The summed E-state index contributed by atoms with van der Waals surface area (Å²) in [4.78, 5) is 26.5. The molecule has 1 saturated heterocycles. The van der Waals surface area contributed by atoms with Gasteiger partial charge in [0.25, 0.3) is 0 Å². The fourth-order valence-electron chi connectivity index (χ4n) is 4.89. The van der Waals surface area contributed by atoms with E-state index in [4.69, 9.17) is 0 Å². The summed E-state index contributed by atoms with van der Waals surface area (Å²) in [6.07, 6.45) is 2.62. The van der Waals surface area contributed by atoms with Crippen LogP contribution in [0.25, 0.3) is 5.69 Å². The van der Waals surface area contributed by atoms with Gasteiger partial charge in [-0.1, -0.05) is 24.6 Å². The molecule has 0 spiro atoms. The Morgan fingerprint density at radius 3 is 2.66 bits per heavy atom. The molecule has 1 amide bonds. The second kappa shape index (κ2) is 8.16. The molecule has 1 aromatic heterocycles. The molecule has 29 heavy (non-hydrogen) atoms. The first-order valence-electron chi connectivity index (χ1n) is 9.78. The van der Waals surface area contributed by atoms with Crippen LogP contribution in [0.1, 0.15) is 30.7 Å². The van der Waals surface area contributed by atoms with E-state index in [9.17, 15) is 14.7 Å². The van der Waals surface area contributed by atoms with Crippen LogP contribution < -0.4 is 5.32 Å². The van der Waals surface area contributed by atoms with Crippen molar-refractivity contribution in [1.29, 1.82) is 0 Å². The first-order chi connectivity index (χ1) is 13.4. The summed E-state index contributed by atoms with van der Waals surface area (Å²) in [7, 11) is 0. The second-order valence-corrected chi connectivity index (χ2v) is 8.06. The molecule has 2 atom stereocenters. The lowest BCUT2D eigenvalue weighted by Gasteiger charge is -2.23. The largest absolute Gasteiger partial charge is 0.481 e. The Morgan fingerprint density at radius 1 is 1.28 bits per heavy atom. The van der Waals surface area contributed by atoms with Crippen molar-refractivity contribution in [3.05, 3.63) is 41.7 Å². The first kappa shape index (κ1) is 21.3. The molecule has 1 saturated carbocycles. The van der Waals surface area contributed by atoms with Crippen LogP contribution in [0.5, 0.6) is 0 Å². The van der Waals surface area contributed by atoms with Gasteiger partial charge < -0.3 is 10.4 Å². The van der Waals surface area contributed by atoms with Crippen LogP contribution in [0, 0.1) is 25.2 Å². The molecule has 7 nitrogen and oxygen atoms in total. The van der Waals surface area contributed by atoms with E-state index >= 15 is 0 Å². The number of benzene rings is 1. The summed E-state index contributed by atoms with van der Waals surface area (Å²) in [6, 6.07) is 9.80. The minimum absolute atomic E-state index is 0. The van der Waals surface area contributed by atoms with Crippen LogP contribution in [0.4, 0.5) is 5.69 Å². The van der Waals surface area contributed by atoms with E-state index in [2.05, 4.69) is 10.4 Å². The van der Waals surface area contributed by atoms with Crippen LogP contribution in [0.15, 0.2) is 30.3 Å². The van der Waals surface area contributed by atoms with Gasteiger partial charge in [0.15, 0.2) is 0 Å². The van der Waals surface area contributed by atoms with E-state index in [-0.39, 0.29) is 30.8 Å². The lowest BCUT2D eigenvalue weighted by atomic mass is 9.81. The zero-order valence-corrected chi connectivity index (χ0v) is 17.5. The number of aromatic nitrogens is 2. The number of nitrogens with one attached hydrogen (secondary N) is 1. The van der Waals surface area contributed by atoms with Crippen LogP contribution in [-0.2, 0) is 9.59 Å². The third-order valence-corrected chi connectivity index (χ3v) is 6.29. The van der Waals surface area contributed by atoms with Gasteiger partial charge in [-0.15, -0.1) is 12.4 Å². The van der Waals surface area contributed by atoms with Gasteiger partial charge in [-0.2, -0.15) is 5.10 Å². The third kappa shape index (κ3) is 3.76. The molecular weight excluding hydrogens is 392 g/mol. The molecule has 156 valence electrons. The zero-order chi connectivity index (χ0) is 19.9. The number of halogens is 1. The number of nitrogens with zero attached hydrogens (tertiary/aromatic N) is 3. The molecule has 2 aromatic rings. The molecule has 4 rings (SSSR count). The molecule has 1 aliphatic heterocycles. The Balaban J connectivity index is 0.00000240. The molecule has 1 aromatic carbocycles. The van der Waals surface area contributed by atoms with Gasteiger partial charge >= 0.3 is 5.97 Å². The van der Waals surface area contributed by atoms with Crippen molar-refractivity contribution in [3.8, 4) is 5.69 Å². The van der Waals surface area contributed by atoms with Crippen LogP contribution in [-0.4, -0.2) is 51.3 Å². The number of carbonyl (C=O) groups excluding carboxylic acids is 1. The summed E-state index contributed by atoms with van der Waals surface area (Å²) in [6.45, 7) is 5.16. The van der Waals surface area contributed by atoms with E-state index in [1.54, 1.807) is 0 Å². The maximum Gasteiger partial charge on any atom is 0.311 e.